The van der Waals surface area contributed by atoms with Crippen molar-refractivity contribution in [3.8, 4) is 0 Å². The fourth-order valence-electron chi connectivity index (χ4n) is 1.85. The lowest BCUT2D eigenvalue weighted by Crippen LogP contribution is -2.27. The van der Waals surface area contributed by atoms with Crippen molar-refractivity contribution >= 4 is 11.6 Å². The monoisotopic (exact) mass is 256 g/mol. The third-order valence-electron chi connectivity index (χ3n) is 2.91. The molecule has 0 aliphatic heterocycles. The number of benzene rings is 1. The van der Waals surface area contributed by atoms with E-state index in [-0.39, 0.29) is 12.6 Å². The molecule has 1 atom stereocenters. The van der Waals surface area contributed by atoms with E-state index in [4.69, 9.17) is 16.7 Å². The van der Waals surface area contributed by atoms with E-state index in [9.17, 15) is 0 Å². The lowest BCUT2D eigenvalue weighted by molar-refractivity contribution is 0.216. The largest absolute Gasteiger partial charge is 0.395 e. The Hall–Kier alpha value is -0.610. The Kier molecular flexibility index (Phi) is 6.52. The van der Waals surface area contributed by atoms with Crippen LogP contribution in [0.3, 0.4) is 0 Å². The number of rotatable bonds is 7. The topological polar surface area (TPSA) is 35.5 Å². The van der Waals surface area contributed by atoms with E-state index in [1.165, 1.54) is 0 Å². The molecule has 0 saturated heterocycles. The van der Waals surface area contributed by atoms with Gasteiger partial charge in [0.15, 0.2) is 0 Å². The summed E-state index contributed by atoms with van der Waals surface area (Å²) in [5.41, 5.74) is 1.13. The molecule has 0 aliphatic carbocycles. The number of likely N-dealkylation sites (N-methyl/N-ethyl adjacent to an activating group) is 1. The Labute approximate surface area is 108 Å². The van der Waals surface area contributed by atoms with Gasteiger partial charge in [-0.1, -0.05) is 29.8 Å². The highest BCUT2D eigenvalue weighted by Crippen LogP contribution is 2.24. The van der Waals surface area contributed by atoms with E-state index in [0.717, 1.165) is 23.6 Å². The second kappa shape index (κ2) is 7.67. The quantitative estimate of drug-likeness (QED) is 0.783. The zero-order chi connectivity index (χ0) is 12.7. The van der Waals surface area contributed by atoms with E-state index in [1.54, 1.807) is 0 Å². The summed E-state index contributed by atoms with van der Waals surface area (Å²) in [6, 6.07) is 8.16. The number of hydrogen-bond acceptors (Lipinski definition) is 3. The molecule has 0 radical (unpaired) electrons. The van der Waals surface area contributed by atoms with Gasteiger partial charge in [0.25, 0.3) is 0 Å². The van der Waals surface area contributed by atoms with Gasteiger partial charge in [0.2, 0.25) is 0 Å². The maximum Gasteiger partial charge on any atom is 0.0558 e. The molecule has 0 fully saturated rings. The Bertz CT molecular complexity index is 333. The third kappa shape index (κ3) is 4.64. The van der Waals surface area contributed by atoms with Crippen LogP contribution in [0.25, 0.3) is 0 Å². The zero-order valence-electron chi connectivity index (χ0n) is 10.5. The number of nitrogens with one attached hydrogen (secondary N) is 1. The minimum atomic E-state index is 0.201. The van der Waals surface area contributed by atoms with Crippen LogP contribution in [0.4, 0.5) is 0 Å². The van der Waals surface area contributed by atoms with Gasteiger partial charge in [0.1, 0.15) is 0 Å². The lowest BCUT2D eigenvalue weighted by Gasteiger charge is -2.21. The molecule has 0 heterocycles. The molecular weight excluding hydrogens is 236 g/mol. The van der Waals surface area contributed by atoms with Crippen LogP contribution >= 0.6 is 11.6 Å². The number of nitrogens with zero attached hydrogens (tertiary/aromatic N) is 1. The molecule has 1 aromatic rings. The van der Waals surface area contributed by atoms with E-state index < -0.39 is 0 Å². The van der Waals surface area contributed by atoms with Crippen LogP contribution in [0.2, 0.25) is 5.02 Å². The van der Waals surface area contributed by atoms with Crippen molar-refractivity contribution in [2.75, 3.05) is 33.8 Å². The molecule has 0 bridgehead atoms. The van der Waals surface area contributed by atoms with Gasteiger partial charge < -0.3 is 15.3 Å². The van der Waals surface area contributed by atoms with Crippen LogP contribution in [-0.2, 0) is 0 Å². The summed E-state index contributed by atoms with van der Waals surface area (Å²) in [4.78, 5) is 2.11. The molecule has 1 rings (SSSR count). The standard InChI is InChI=1S/C13H21ClN2O/c1-15-13(7-8-16(2)9-10-17)11-5-3-4-6-12(11)14/h3-6,13,15,17H,7-10H2,1-2H3. The molecule has 2 N–H and O–H groups in total. The first-order valence-electron chi connectivity index (χ1n) is 5.90. The second-order valence-corrected chi connectivity index (χ2v) is 4.59. The molecule has 4 heteroatoms. The fraction of sp³-hybridized carbons (Fsp3) is 0.538. The van der Waals surface area contributed by atoms with E-state index in [0.29, 0.717) is 6.54 Å². The van der Waals surface area contributed by atoms with Gasteiger partial charge in [-0.3, -0.25) is 0 Å². The Morgan fingerprint density at radius 3 is 2.65 bits per heavy atom. The average molecular weight is 257 g/mol. The van der Waals surface area contributed by atoms with Crippen LogP contribution in [0, 0.1) is 0 Å². The Morgan fingerprint density at radius 2 is 2.06 bits per heavy atom. The van der Waals surface area contributed by atoms with Gasteiger partial charge in [-0.15, -0.1) is 0 Å². The van der Waals surface area contributed by atoms with Crippen LogP contribution < -0.4 is 5.32 Å². The van der Waals surface area contributed by atoms with Crippen LogP contribution in [0.1, 0.15) is 18.0 Å². The number of aliphatic hydroxyl groups is 1. The van der Waals surface area contributed by atoms with Crippen molar-refractivity contribution in [3.63, 3.8) is 0 Å². The first kappa shape index (κ1) is 14.5. The molecular formula is C13H21ClN2O. The third-order valence-corrected chi connectivity index (χ3v) is 3.25. The molecule has 0 aromatic heterocycles. The van der Waals surface area contributed by atoms with Crippen LogP contribution in [0.15, 0.2) is 24.3 Å². The molecule has 0 amide bonds. The number of aliphatic hydroxyl groups excluding tert-OH is 1. The summed E-state index contributed by atoms with van der Waals surface area (Å²) in [7, 11) is 3.95. The maximum absolute atomic E-state index is 8.84. The smallest absolute Gasteiger partial charge is 0.0558 e. The predicted molar refractivity (Wildman–Crippen MR) is 72.5 cm³/mol. The molecule has 96 valence electrons. The molecule has 3 nitrogen and oxygen atoms in total. The Morgan fingerprint density at radius 1 is 1.35 bits per heavy atom. The highest BCUT2D eigenvalue weighted by molar-refractivity contribution is 6.31. The number of hydrogen-bond donors (Lipinski definition) is 2. The normalized spacial score (nSPS) is 13.0. The first-order chi connectivity index (χ1) is 8.19. The van der Waals surface area contributed by atoms with Gasteiger partial charge in [-0.05, 0) is 38.7 Å². The van der Waals surface area contributed by atoms with Crippen LogP contribution in [0.5, 0.6) is 0 Å². The minimum absolute atomic E-state index is 0.201. The van der Waals surface area contributed by atoms with Crippen molar-refractivity contribution in [1.29, 1.82) is 0 Å². The molecule has 1 aromatic carbocycles. The summed E-state index contributed by atoms with van der Waals surface area (Å²) in [5, 5.41) is 12.9. The van der Waals surface area contributed by atoms with E-state index in [2.05, 4.69) is 16.3 Å². The van der Waals surface area contributed by atoms with Gasteiger partial charge in [0, 0.05) is 17.6 Å². The van der Waals surface area contributed by atoms with Crippen molar-refractivity contribution in [2.24, 2.45) is 0 Å². The molecule has 17 heavy (non-hydrogen) atoms. The zero-order valence-corrected chi connectivity index (χ0v) is 11.2. The maximum atomic E-state index is 8.84. The fourth-order valence-corrected chi connectivity index (χ4v) is 2.11. The molecule has 0 saturated carbocycles. The van der Waals surface area contributed by atoms with E-state index >= 15 is 0 Å². The summed E-state index contributed by atoms with van der Waals surface area (Å²) >= 11 is 6.18. The van der Waals surface area contributed by atoms with Crippen molar-refractivity contribution in [3.05, 3.63) is 34.9 Å². The molecule has 1 unspecified atom stereocenters. The lowest BCUT2D eigenvalue weighted by atomic mass is 10.0. The molecule has 0 aliphatic rings. The molecule has 0 spiro atoms. The average Bonchev–Trinajstić information content (AvgIpc) is 2.32. The highest BCUT2D eigenvalue weighted by Gasteiger charge is 2.12. The highest BCUT2D eigenvalue weighted by atomic mass is 35.5. The summed E-state index contributed by atoms with van der Waals surface area (Å²) < 4.78 is 0. The van der Waals surface area contributed by atoms with Gasteiger partial charge in [-0.2, -0.15) is 0 Å². The van der Waals surface area contributed by atoms with Crippen molar-refractivity contribution < 1.29 is 5.11 Å². The van der Waals surface area contributed by atoms with Gasteiger partial charge >= 0.3 is 0 Å². The minimum Gasteiger partial charge on any atom is -0.395 e. The SMILES string of the molecule is CNC(CCN(C)CCO)c1ccccc1Cl. The van der Waals surface area contributed by atoms with Crippen LogP contribution in [-0.4, -0.2) is 43.8 Å². The summed E-state index contributed by atoms with van der Waals surface area (Å²) in [6.45, 7) is 1.84. The summed E-state index contributed by atoms with van der Waals surface area (Å²) in [5.74, 6) is 0. The predicted octanol–water partition coefficient (Wildman–Crippen LogP) is 1.91. The summed E-state index contributed by atoms with van der Waals surface area (Å²) in [6.07, 6.45) is 0.969. The number of halogens is 1. The van der Waals surface area contributed by atoms with Gasteiger partial charge in [0.05, 0.1) is 6.61 Å². The van der Waals surface area contributed by atoms with Crippen molar-refractivity contribution in [2.45, 2.75) is 12.5 Å². The van der Waals surface area contributed by atoms with Gasteiger partial charge in [-0.25, -0.2) is 0 Å². The Balaban J connectivity index is 2.57. The first-order valence-corrected chi connectivity index (χ1v) is 6.28. The van der Waals surface area contributed by atoms with E-state index in [1.807, 2.05) is 32.3 Å². The second-order valence-electron chi connectivity index (χ2n) is 4.18. The van der Waals surface area contributed by atoms with Crippen molar-refractivity contribution in [1.82, 2.24) is 10.2 Å².